The third-order valence-electron chi connectivity index (χ3n) is 7.30. The Morgan fingerprint density at radius 1 is 0.816 bits per heavy atom. The van der Waals surface area contributed by atoms with Gasteiger partial charge in [-0.2, -0.15) is 0 Å². The van der Waals surface area contributed by atoms with Gasteiger partial charge in [-0.05, 0) is 79.1 Å². The quantitative estimate of drug-likeness (QED) is 0.0906. The molecule has 4 aromatic rings. The number of methoxy groups -OCH3 is 4. The molecule has 0 aliphatic rings. The van der Waals surface area contributed by atoms with Crippen LogP contribution in [0.2, 0.25) is 5.02 Å². The molecule has 4 rings (SSSR count). The van der Waals surface area contributed by atoms with Gasteiger partial charge in [-0.3, -0.25) is 14.4 Å². The van der Waals surface area contributed by atoms with Gasteiger partial charge >= 0.3 is 0 Å². The molecular formula is C37H38ClN3O7S. The van der Waals surface area contributed by atoms with E-state index in [9.17, 15) is 14.4 Å². The third kappa shape index (κ3) is 9.49. The number of rotatable bonds is 14. The first-order chi connectivity index (χ1) is 23.6. The fourth-order valence-corrected chi connectivity index (χ4v) is 5.94. The standard InChI is InChI=1S/C37H38ClN3O7S/c1-7-33(37(44)40-28-16-22(2)27(38)21-30(28)45-3)49-26-15-11-14-25(20-26)39-36(43)29(41-35(42)24-12-9-8-10-13-24)17-23-18-31(46-4)34(48-6)32(19-23)47-5/h8-21,33H,7H2,1-6H3,(H,39,43)(H,40,44)(H,41,42)/b29-17+. The van der Waals surface area contributed by atoms with Crippen molar-refractivity contribution in [3.63, 3.8) is 0 Å². The van der Waals surface area contributed by atoms with E-state index >= 15 is 0 Å². The van der Waals surface area contributed by atoms with Gasteiger partial charge in [0.25, 0.3) is 11.8 Å². The minimum Gasteiger partial charge on any atom is -0.495 e. The first kappa shape index (κ1) is 36.7. The predicted molar refractivity (Wildman–Crippen MR) is 194 cm³/mol. The van der Waals surface area contributed by atoms with Gasteiger partial charge < -0.3 is 34.9 Å². The van der Waals surface area contributed by atoms with Crippen LogP contribution < -0.4 is 34.9 Å². The Kier molecular flexibility index (Phi) is 13.0. The number of hydrogen-bond acceptors (Lipinski definition) is 8. The Hall–Kier alpha value is -5.13. The lowest BCUT2D eigenvalue weighted by molar-refractivity contribution is -0.116. The summed E-state index contributed by atoms with van der Waals surface area (Å²) in [5.74, 6) is 0.358. The molecule has 1 unspecified atom stereocenters. The predicted octanol–water partition coefficient (Wildman–Crippen LogP) is 7.60. The second-order valence-electron chi connectivity index (χ2n) is 10.6. The summed E-state index contributed by atoms with van der Waals surface area (Å²) >= 11 is 7.59. The minimum atomic E-state index is -0.574. The fraction of sp³-hybridized carbons (Fsp3) is 0.216. The molecule has 0 spiro atoms. The smallest absolute Gasteiger partial charge is 0.272 e. The van der Waals surface area contributed by atoms with E-state index in [0.29, 0.717) is 56.9 Å². The zero-order valence-electron chi connectivity index (χ0n) is 28.0. The summed E-state index contributed by atoms with van der Waals surface area (Å²) in [6.07, 6.45) is 2.05. The van der Waals surface area contributed by atoms with Crippen LogP contribution in [0.4, 0.5) is 11.4 Å². The van der Waals surface area contributed by atoms with Crippen molar-refractivity contribution >= 4 is 58.5 Å². The van der Waals surface area contributed by atoms with Crippen molar-refractivity contribution in [2.45, 2.75) is 30.4 Å². The van der Waals surface area contributed by atoms with Gasteiger partial charge in [-0.1, -0.05) is 42.8 Å². The molecule has 4 aromatic carbocycles. The highest BCUT2D eigenvalue weighted by molar-refractivity contribution is 8.00. The highest BCUT2D eigenvalue weighted by Gasteiger charge is 2.22. The molecule has 3 N–H and O–H groups in total. The van der Waals surface area contributed by atoms with Gasteiger partial charge in [0, 0.05) is 27.2 Å². The van der Waals surface area contributed by atoms with Gasteiger partial charge in [0.15, 0.2) is 11.5 Å². The lowest BCUT2D eigenvalue weighted by atomic mass is 10.1. The molecule has 0 fully saturated rings. The van der Waals surface area contributed by atoms with Crippen LogP contribution in [-0.2, 0) is 9.59 Å². The second-order valence-corrected chi connectivity index (χ2v) is 12.3. The van der Waals surface area contributed by atoms with Crippen molar-refractivity contribution in [2.75, 3.05) is 39.1 Å². The highest BCUT2D eigenvalue weighted by Crippen LogP contribution is 2.39. The lowest BCUT2D eigenvalue weighted by Crippen LogP contribution is -2.30. The Balaban J connectivity index is 1.58. The number of benzene rings is 4. The van der Waals surface area contributed by atoms with Crippen molar-refractivity contribution in [1.82, 2.24) is 5.32 Å². The van der Waals surface area contributed by atoms with Crippen molar-refractivity contribution in [1.29, 1.82) is 0 Å². The van der Waals surface area contributed by atoms with Crippen LogP contribution in [0.25, 0.3) is 6.08 Å². The van der Waals surface area contributed by atoms with E-state index in [-0.39, 0.29) is 11.6 Å². The summed E-state index contributed by atoms with van der Waals surface area (Å²) in [7, 11) is 5.99. The van der Waals surface area contributed by atoms with Crippen molar-refractivity contribution in [3.8, 4) is 23.0 Å². The maximum Gasteiger partial charge on any atom is 0.272 e. The highest BCUT2D eigenvalue weighted by atomic mass is 35.5. The van der Waals surface area contributed by atoms with Crippen molar-refractivity contribution in [3.05, 3.63) is 106 Å². The topological polar surface area (TPSA) is 124 Å². The van der Waals surface area contributed by atoms with Crippen molar-refractivity contribution < 1.29 is 33.3 Å². The molecule has 10 nitrogen and oxygen atoms in total. The summed E-state index contributed by atoms with van der Waals surface area (Å²) < 4.78 is 21.8. The number of aryl methyl sites for hydroxylation is 1. The first-order valence-electron chi connectivity index (χ1n) is 15.2. The molecule has 0 heterocycles. The van der Waals surface area contributed by atoms with E-state index < -0.39 is 17.1 Å². The molecule has 0 saturated heterocycles. The molecule has 0 saturated carbocycles. The number of anilines is 2. The van der Waals surface area contributed by atoms with Crippen LogP contribution in [0.1, 0.15) is 34.8 Å². The number of hydrogen-bond donors (Lipinski definition) is 3. The second kappa shape index (κ2) is 17.3. The molecule has 1 atom stereocenters. The lowest BCUT2D eigenvalue weighted by Gasteiger charge is -2.18. The Morgan fingerprint density at radius 2 is 1.49 bits per heavy atom. The van der Waals surface area contributed by atoms with E-state index in [1.807, 2.05) is 19.9 Å². The maximum atomic E-state index is 13.8. The zero-order chi connectivity index (χ0) is 35.5. The maximum absolute atomic E-state index is 13.8. The number of ether oxygens (including phenoxy) is 4. The Bertz CT molecular complexity index is 1820. The molecule has 49 heavy (non-hydrogen) atoms. The van der Waals surface area contributed by atoms with Gasteiger partial charge in [0.2, 0.25) is 11.7 Å². The number of amides is 3. The molecule has 256 valence electrons. The molecule has 0 bridgehead atoms. The average Bonchev–Trinajstić information content (AvgIpc) is 3.11. The number of nitrogens with one attached hydrogen (secondary N) is 3. The van der Waals surface area contributed by atoms with Crippen LogP contribution in [-0.4, -0.2) is 51.4 Å². The summed E-state index contributed by atoms with van der Waals surface area (Å²) in [6.45, 7) is 3.77. The molecule has 0 aromatic heterocycles. The zero-order valence-corrected chi connectivity index (χ0v) is 29.6. The van der Waals surface area contributed by atoms with Crippen LogP contribution in [0.5, 0.6) is 23.0 Å². The monoisotopic (exact) mass is 703 g/mol. The molecular weight excluding hydrogens is 666 g/mol. The largest absolute Gasteiger partial charge is 0.495 e. The van der Waals surface area contributed by atoms with E-state index in [0.717, 1.165) is 10.5 Å². The molecule has 0 aliphatic heterocycles. The number of carbonyl (C=O) groups is 3. The van der Waals surface area contributed by atoms with Crippen LogP contribution >= 0.6 is 23.4 Å². The van der Waals surface area contributed by atoms with E-state index in [2.05, 4.69) is 16.0 Å². The number of halogens is 1. The van der Waals surface area contributed by atoms with Gasteiger partial charge in [-0.15, -0.1) is 11.8 Å². The Labute approximate surface area is 295 Å². The van der Waals surface area contributed by atoms with E-state index in [4.69, 9.17) is 30.5 Å². The average molecular weight is 704 g/mol. The number of thioether (sulfide) groups is 1. The Morgan fingerprint density at radius 3 is 2.10 bits per heavy atom. The normalized spacial score (nSPS) is 11.6. The van der Waals surface area contributed by atoms with Crippen molar-refractivity contribution in [2.24, 2.45) is 0 Å². The van der Waals surface area contributed by atoms with Crippen LogP contribution in [0.3, 0.4) is 0 Å². The van der Waals surface area contributed by atoms with Crippen LogP contribution in [0.15, 0.2) is 89.5 Å². The summed E-state index contributed by atoms with van der Waals surface area (Å²) in [5, 5.41) is 8.65. The van der Waals surface area contributed by atoms with E-state index in [1.165, 1.54) is 46.3 Å². The molecule has 12 heteroatoms. The summed E-state index contributed by atoms with van der Waals surface area (Å²) in [6, 6.07) is 22.4. The van der Waals surface area contributed by atoms with Gasteiger partial charge in [0.05, 0.1) is 39.4 Å². The SMILES string of the molecule is CCC(Sc1cccc(NC(=O)/C(=C\c2cc(OC)c(OC)c(OC)c2)NC(=O)c2ccccc2)c1)C(=O)Nc1cc(C)c(Cl)cc1OC. The van der Waals surface area contributed by atoms with Gasteiger partial charge in [0.1, 0.15) is 11.4 Å². The summed E-state index contributed by atoms with van der Waals surface area (Å²) in [5.41, 5.74) is 2.66. The minimum absolute atomic E-state index is 0.0285. The molecule has 0 radical (unpaired) electrons. The molecule has 0 aliphatic carbocycles. The molecule has 3 amide bonds. The van der Waals surface area contributed by atoms with Gasteiger partial charge in [-0.25, -0.2) is 0 Å². The summed E-state index contributed by atoms with van der Waals surface area (Å²) in [4.78, 5) is 41.0. The van der Waals surface area contributed by atoms with E-state index in [1.54, 1.807) is 72.8 Å². The van der Waals surface area contributed by atoms with Crippen LogP contribution in [0, 0.1) is 6.92 Å². The fourth-order valence-electron chi connectivity index (χ4n) is 4.77. The third-order valence-corrected chi connectivity index (χ3v) is 9.06. The first-order valence-corrected chi connectivity index (χ1v) is 16.5. The number of carbonyl (C=O) groups excluding carboxylic acids is 3.